The Bertz CT molecular complexity index is 539. The maximum Gasteiger partial charge on any atom is 0.343 e. The first kappa shape index (κ1) is 22.5. The van der Waals surface area contributed by atoms with Gasteiger partial charge in [0.05, 0.1) is 6.61 Å². The van der Waals surface area contributed by atoms with Gasteiger partial charge in [-0.3, -0.25) is 4.57 Å². The molecule has 0 aliphatic carbocycles. The van der Waals surface area contributed by atoms with Crippen LogP contribution in [-0.2, 0) is 15.6 Å². The molecular weight excluding hydrogens is 364 g/mol. The van der Waals surface area contributed by atoms with Gasteiger partial charge in [-0.25, -0.2) is 4.57 Å². The Kier molecular flexibility index (Phi) is 10.7. The van der Waals surface area contributed by atoms with E-state index >= 15 is 0 Å². The van der Waals surface area contributed by atoms with Crippen LogP contribution in [0, 0.1) is 0 Å². The summed E-state index contributed by atoms with van der Waals surface area (Å²) >= 11 is 0. The maximum atomic E-state index is 11.6. The highest BCUT2D eigenvalue weighted by Crippen LogP contribution is 2.57. The van der Waals surface area contributed by atoms with Crippen molar-refractivity contribution in [1.29, 1.82) is 0 Å². The number of pyridine rings is 1. The molecule has 0 aliphatic rings. The average molecular weight is 394 g/mol. The molecule has 0 saturated heterocycles. The zero-order valence-corrected chi connectivity index (χ0v) is 16.7. The molecule has 0 bridgehead atoms. The van der Waals surface area contributed by atoms with Crippen LogP contribution in [0.2, 0.25) is 0 Å². The van der Waals surface area contributed by atoms with Gasteiger partial charge in [0.25, 0.3) is 0 Å². The number of rotatable bonds is 13. The van der Waals surface area contributed by atoms with Gasteiger partial charge < -0.3 is 23.9 Å². The summed E-state index contributed by atoms with van der Waals surface area (Å²) in [5.74, 6) is 0.639. The van der Waals surface area contributed by atoms with Crippen LogP contribution in [0.25, 0.3) is 0 Å². The lowest BCUT2D eigenvalue weighted by Gasteiger charge is -2.19. The van der Waals surface area contributed by atoms with Gasteiger partial charge in [-0.05, 0) is 12.5 Å². The highest BCUT2D eigenvalue weighted by molar-refractivity contribution is 7.68. The van der Waals surface area contributed by atoms with Crippen LogP contribution in [0.4, 0.5) is 0 Å². The molecule has 1 rings (SSSR count). The van der Waals surface area contributed by atoms with Gasteiger partial charge in [-0.1, -0.05) is 39.0 Å². The number of aromatic nitrogens is 1. The van der Waals surface area contributed by atoms with Gasteiger partial charge in [0.15, 0.2) is 32.3 Å². The molecule has 0 spiro atoms. The molecule has 1 heterocycles. The van der Waals surface area contributed by atoms with Crippen LogP contribution in [0.15, 0.2) is 24.5 Å². The van der Waals surface area contributed by atoms with Crippen molar-refractivity contribution >= 4 is 16.0 Å². The molecular formula is C16H30NO6P2+. The van der Waals surface area contributed by atoms with Crippen LogP contribution in [0.1, 0.15) is 45.4 Å². The van der Waals surface area contributed by atoms with Gasteiger partial charge in [0.2, 0.25) is 6.20 Å². The fourth-order valence-electron chi connectivity index (χ4n) is 2.38. The third-order valence-electron chi connectivity index (χ3n) is 3.80. The zero-order valence-electron chi connectivity index (χ0n) is 15.0. The van der Waals surface area contributed by atoms with Gasteiger partial charge in [0, 0.05) is 13.2 Å². The van der Waals surface area contributed by atoms with E-state index < -0.39 is 21.4 Å². The first-order valence-electron chi connectivity index (χ1n) is 8.57. The van der Waals surface area contributed by atoms with Gasteiger partial charge in [-0.15, -0.1) is 0 Å². The summed E-state index contributed by atoms with van der Waals surface area (Å²) in [4.78, 5) is 28.6. The lowest BCUT2D eigenvalue weighted by atomic mass is 10.1. The number of ether oxygens (including phenoxy) is 1. The molecule has 3 N–H and O–H groups in total. The van der Waals surface area contributed by atoms with Crippen molar-refractivity contribution in [3.05, 3.63) is 24.5 Å². The fraction of sp³-hybridized carbons (Fsp3) is 0.688. The average Bonchev–Trinajstić information content (AvgIpc) is 2.57. The second kappa shape index (κ2) is 11.9. The van der Waals surface area contributed by atoms with Gasteiger partial charge in [-0.2, -0.15) is 0 Å². The highest BCUT2D eigenvalue weighted by atomic mass is 31.2. The monoisotopic (exact) mass is 394 g/mol. The Hall–Kier alpha value is -0.550. The third-order valence-corrected chi connectivity index (χ3v) is 7.28. The molecule has 144 valence electrons. The first-order valence-corrected chi connectivity index (χ1v) is 11.5. The summed E-state index contributed by atoms with van der Waals surface area (Å²) in [7, 11) is -5.45. The molecule has 0 amide bonds. The van der Waals surface area contributed by atoms with Crippen molar-refractivity contribution in [2.24, 2.45) is 0 Å². The van der Waals surface area contributed by atoms with Crippen LogP contribution in [-0.4, -0.2) is 33.8 Å². The molecule has 1 aromatic heterocycles. The molecule has 9 heteroatoms. The minimum Gasteiger partial charge on any atom is -0.487 e. The number of hydrogen-bond acceptors (Lipinski definition) is 4. The summed E-state index contributed by atoms with van der Waals surface area (Å²) in [6.45, 7) is 2.76. The smallest absolute Gasteiger partial charge is 0.343 e. The third kappa shape index (κ3) is 9.09. The first-order chi connectivity index (χ1) is 11.9. The molecule has 7 nitrogen and oxygen atoms in total. The van der Waals surface area contributed by atoms with Crippen LogP contribution >= 0.6 is 16.0 Å². The fourth-order valence-corrected chi connectivity index (χ4v) is 4.67. The molecule has 0 saturated carbocycles. The summed E-state index contributed by atoms with van der Waals surface area (Å²) in [6.07, 6.45) is 10.5. The Labute approximate surface area is 151 Å². The van der Waals surface area contributed by atoms with E-state index in [1.54, 1.807) is 29.1 Å². The lowest BCUT2D eigenvalue weighted by molar-refractivity contribution is -0.694. The Morgan fingerprint density at radius 3 is 2.56 bits per heavy atom. The summed E-state index contributed by atoms with van der Waals surface area (Å²) in [5.41, 5.74) is 0. The van der Waals surface area contributed by atoms with E-state index in [1.165, 1.54) is 32.8 Å². The molecule has 0 aromatic carbocycles. The van der Waals surface area contributed by atoms with E-state index in [0.29, 0.717) is 12.4 Å². The second-order valence-corrected chi connectivity index (χ2v) is 9.71. The van der Waals surface area contributed by atoms with Crippen molar-refractivity contribution in [3.8, 4) is 5.75 Å². The van der Waals surface area contributed by atoms with E-state index in [-0.39, 0.29) is 6.54 Å². The van der Waals surface area contributed by atoms with Crippen molar-refractivity contribution < 1.29 is 33.1 Å². The van der Waals surface area contributed by atoms with E-state index in [0.717, 1.165) is 12.8 Å². The normalized spacial score (nSPS) is 14.3. The summed E-state index contributed by atoms with van der Waals surface area (Å²) in [6, 6.07) is 3.55. The van der Waals surface area contributed by atoms with Gasteiger partial charge >= 0.3 is 7.60 Å². The number of unbranched alkanes of at least 4 members (excludes halogenated alkanes) is 5. The lowest BCUT2D eigenvalue weighted by Crippen LogP contribution is -2.38. The molecule has 0 radical (unpaired) electrons. The molecule has 2 unspecified atom stereocenters. The van der Waals surface area contributed by atoms with Crippen molar-refractivity contribution in [1.82, 2.24) is 0 Å². The van der Waals surface area contributed by atoms with Crippen LogP contribution < -0.4 is 9.30 Å². The molecule has 0 aliphatic heterocycles. The zero-order chi connectivity index (χ0) is 18.7. The molecule has 25 heavy (non-hydrogen) atoms. The molecule has 2 atom stereocenters. The highest BCUT2D eigenvalue weighted by Gasteiger charge is 2.40. The Balaban J connectivity index is 2.52. The SMILES string of the molecule is CCCCCCCCOc1ccc[n+](CC(P(O)OC)P(=O)(O)O)c1. The predicted octanol–water partition coefficient (Wildman–Crippen LogP) is 3.17. The molecule has 1 aromatic rings. The van der Waals surface area contributed by atoms with Crippen molar-refractivity contribution in [2.45, 2.75) is 57.4 Å². The molecule has 0 fully saturated rings. The minimum atomic E-state index is -4.48. The van der Waals surface area contributed by atoms with Crippen LogP contribution in [0.5, 0.6) is 5.75 Å². The Morgan fingerprint density at radius 2 is 1.92 bits per heavy atom. The predicted molar refractivity (Wildman–Crippen MR) is 97.5 cm³/mol. The van der Waals surface area contributed by atoms with E-state index in [4.69, 9.17) is 9.26 Å². The topological polar surface area (TPSA) is 100 Å². The van der Waals surface area contributed by atoms with E-state index in [1.807, 2.05) is 0 Å². The maximum absolute atomic E-state index is 11.6. The van der Waals surface area contributed by atoms with E-state index in [9.17, 15) is 19.2 Å². The van der Waals surface area contributed by atoms with Crippen molar-refractivity contribution in [2.75, 3.05) is 13.7 Å². The quantitative estimate of drug-likeness (QED) is 0.270. The van der Waals surface area contributed by atoms with Crippen molar-refractivity contribution in [3.63, 3.8) is 0 Å². The summed E-state index contributed by atoms with van der Waals surface area (Å²) in [5, 5.41) is -1.27. The minimum absolute atomic E-state index is 0.0471. The number of hydrogen-bond donors (Lipinski definition) is 3. The largest absolute Gasteiger partial charge is 0.487 e. The standard InChI is InChI=1S/C16H29NO6P2/c1-3-4-5-6-7-8-12-23-15-10-9-11-17(13-15)14-16(24(18)22-2)25(19,20)21/h9-11,13,16,18H,3-8,12,14H2,1-2H3,(H-,19,20,21)/p+1. The van der Waals surface area contributed by atoms with Crippen LogP contribution in [0.3, 0.4) is 0 Å². The Morgan fingerprint density at radius 1 is 1.24 bits per heavy atom. The summed E-state index contributed by atoms with van der Waals surface area (Å²) < 4.78 is 23.6. The number of nitrogens with zero attached hydrogens (tertiary/aromatic N) is 1. The van der Waals surface area contributed by atoms with Gasteiger partial charge in [0.1, 0.15) is 0 Å². The van der Waals surface area contributed by atoms with E-state index in [2.05, 4.69) is 6.92 Å². The second-order valence-electron chi connectivity index (χ2n) is 5.91.